The summed E-state index contributed by atoms with van der Waals surface area (Å²) in [6, 6.07) is 6.54. The Morgan fingerprint density at radius 3 is 1.77 bits per heavy atom. The zero-order valence-electron chi connectivity index (χ0n) is 14.2. The van der Waals surface area contributed by atoms with E-state index in [0.29, 0.717) is 37.6 Å². The van der Waals surface area contributed by atoms with Crippen LogP contribution in [0.15, 0.2) is 24.3 Å². The molecule has 26 heavy (non-hydrogen) atoms. The third-order valence-electron chi connectivity index (χ3n) is 3.41. The molecule has 0 saturated heterocycles. The third kappa shape index (κ3) is 5.88. The lowest BCUT2D eigenvalue weighted by molar-refractivity contribution is -0.138. The van der Waals surface area contributed by atoms with Gasteiger partial charge in [0.25, 0.3) is 11.8 Å². The van der Waals surface area contributed by atoms with Gasteiger partial charge in [0.1, 0.15) is 0 Å². The Morgan fingerprint density at radius 1 is 0.808 bits per heavy atom. The number of amides is 2. The number of carbonyl (C=O) groups excluding carboxylic acids is 2. The zero-order valence-corrected chi connectivity index (χ0v) is 14.2. The van der Waals surface area contributed by atoms with Gasteiger partial charge in [-0.15, -0.1) is 5.06 Å². The van der Waals surface area contributed by atoms with Gasteiger partial charge in [-0.3, -0.25) is 19.2 Å². The predicted octanol–water partition coefficient (Wildman–Crippen LogP) is 0.739. The first-order valence-electron chi connectivity index (χ1n) is 8.17. The van der Waals surface area contributed by atoms with E-state index in [2.05, 4.69) is 0 Å². The van der Waals surface area contributed by atoms with Gasteiger partial charge in [-0.05, 0) is 12.1 Å². The average Bonchev–Trinajstić information content (AvgIpc) is 2.87. The SMILES string of the molecule is O=C(O)CCOCCOCCOCCON1C(=O)c2ccccc2C1=O. The topological polar surface area (TPSA) is 112 Å². The van der Waals surface area contributed by atoms with Crippen molar-refractivity contribution in [2.45, 2.75) is 6.42 Å². The molecule has 0 unspecified atom stereocenters. The van der Waals surface area contributed by atoms with Crippen LogP contribution in [-0.4, -0.2) is 74.2 Å². The van der Waals surface area contributed by atoms with Crippen LogP contribution < -0.4 is 0 Å². The summed E-state index contributed by atoms with van der Waals surface area (Å²) in [5.74, 6) is -1.85. The molecule has 2 rings (SSSR count). The quantitative estimate of drug-likeness (QED) is 0.401. The van der Waals surface area contributed by atoms with Gasteiger partial charge in [0.05, 0.1) is 63.8 Å². The molecule has 1 aliphatic heterocycles. The maximum absolute atomic E-state index is 12.0. The van der Waals surface area contributed by atoms with Crippen LogP contribution in [0.4, 0.5) is 0 Å². The van der Waals surface area contributed by atoms with Crippen LogP contribution >= 0.6 is 0 Å². The lowest BCUT2D eigenvalue weighted by atomic mass is 10.1. The molecule has 0 spiro atoms. The fourth-order valence-electron chi connectivity index (χ4n) is 2.17. The second kappa shape index (κ2) is 10.6. The monoisotopic (exact) mass is 367 g/mol. The normalized spacial score (nSPS) is 13.3. The number of carbonyl (C=O) groups is 3. The van der Waals surface area contributed by atoms with E-state index in [1.54, 1.807) is 24.3 Å². The summed E-state index contributed by atoms with van der Waals surface area (Å²) in [7, 11) is 0. The molecule has 0 aromatic heterocycles. The van der Waals surface area contributed by atoms with E-state index in [4.69, 9.17) is 24.2 Å². The van der Waals surface area contributed by atoms with Crippen molar-refractivity contribution >= 4 is 17.8 Å². The zero-order chi connectivity index (χ0) is 18.8. The number of fused-ring (bicyclic) bond motifs is 1. The Kier molecular flexibility index (Phi) is 8.16. The number of carboxylic acids is 1. The van der Waals surface area contributed by atoms with Gasteiger partial charge < -0.3 is 19.3 Å². The van der Waals surface area contributed by atoms with Crippen LogP contribution in [0, 0.1) is 0 Å². The second-order valence-electron chi connectivity index (χ2n) is 5.26. The molecule has 9 heteroatoms. The number of imide groups is 1. The minimum atomic E-state index is -0.900. The summed E-state index contributed by atoms with van der Waals surface area (Å²) >= 11 is 0. The molecule has 0 saturated carbocycles. The fourth-order valence-corrected chi connectivity index (χ4v) is 2.17. The lowest BCUT2D eigenvalue weighted by Crippen LogP contribution is -2.31. The minimum Gasteiger partial charge on any atom is -0.481 e. The molecule has 1 N–H and O–H groups in total. The molecular formula is C17H21NO8. The molecule has 1 aromatic carbocycles. The molecule has 9 nitrogen and oxygen atoms in total. The highest BCUT2D eigenvalue weighted by Gasteiger charge is 2.36. The van der Waals surface area contributed by atoms with Crippen LogP contribution in [0.3, 0.4) is 0 Å². The van der Waals surface area contributed by atoms with Crippen LogP contribution in [0.2, 0.25) is 0 Å². The molecule has 0 atom stereocenters. The van der Waals surface area contributed by atoms with Gasteiger partial charge in [0, 0.05) is 0 Å². The van der Waals surface area contributed by atoms with Crippen LogP contribution in [0.25, 0.3) is 0 Å². The van der Waals surface area contributed by atoms with E-state index in [-0.39, 0.29) is 26.2 Å². The molecule has 1 heterocycles. The number of hydrogen-bond donors (Lipinski definition) is 1. The average molecular weight is 367 g/mol. The summed E-state index contributed by atoms with van der Waals surface area (Å²) in [5, 5.41) is 9.17. The highest BCUT2D eigenvalue weighted by Crippen LogP contribution is 2.22. The lowest BCUT2D eigenvalue weighted by Gasteiger charge is -2.13. The maximum atomic E-state index is 12.0. The number of ether oxygens (including phenoxy) is 3. The van der Waals surface area contributed by atoms with Crippen molar-refractivity contribution in [3.63, 3.8) is 0 Å². The Morgan fingerprint density at radius 2 is 1.27 bits per heavy atom. The first kappa shape index (κ1) is 20.0. The second-order valence-corrected chi connectivity index (χ2v) is 5.26. The molecule has 0 radical (unpaired) electrons. The van der Waals surface area contributed by atoms with E-state index >= 15 is 0 Å². The summed E-state index contributed by atoms with van der Waals surface area (Å²) in [6.45, 7) is 1.74. The number of rotatable bonds is 13. The molecule has 1 aliphatic rings. The third-order valence-corrected chi connectivity index (χ3v) is 3.41. The predicted molar refractivity (Wildman–Crippen MR) is 87.6 cm³/mol. The first-order chi connectivity index (χ1) is 12.6. The number of aliphatic carboxylic acids is 1. The molecule has 1 aromatic rings. The number of hydroxylamine groups is 2. The van der Waals surface area contributed by atoms with Crippen molar-refractivity contribution in [2.24, 2.45) is 0 Å². The highest BCUT2D eigenvalue weighted by molar-refractivity contribution is 6.20. The molecule has 2 amide bonds. The standard InChI is InChI=1S/C17H21NO8/c19-15(20)5-6-23-7-8-24-9-10-25-11-12-26-18-16(21)13-3-1-2-4-14(13)17(18)22/h1-4H,5-12H2,(H,19,20). The summed E-state index contributed by atoms with van der Waals surface area (Å²) in [6.07, 6.45) is -0.0315. The van der Waals surface area contributed by atoms with E-state index in [0.717, 1.165) is 5.06 Å². The van der Waals surface area contributed by atoms with Gasteiger partial charge in [-0.2, -0.15) is 0 Å². The molecular weight excluding hydrogens is 346 g/mol. The number of hydrogen-bond acceptors (Lipinski definition) is 7. The van der Waals surface area contributed by atoms with Crippen molar-refractivity contribution in [2.75, 3.05) is 46.2 Å². The maximum Gasteiger partial charge on any atom is 0.305 e. The van der Waals surface area contributed by atoms with Crippen molar-refractivity contribution in [3.05, 3.63) is 35.4 Å². The summed E-state index contributed by atoms with van der Waals surface area (Å²) < 4.78 is 15.6. The van der Waals surface area contributed by atoms with Gasteiger partial charge in [-0.1, -0.05) is 12.1 Å². The number of nitrogens with zero attached hydrogens (tertiary/aromatic N) is 1. The van der Waals surface area contributed by atoms with E-state index in [1.165, 1.54) is 0 Å². The van der Waals surface area contributed by atoms with Gasteiger partial charge in [-0.25, -0.2) is 0 Å². The van der Waals surface area contributed by atoms with Crippen LogP contribution in [0.5, 0.6) is 0 Å². The first-order valence-corrected chi connectivity index (χ1v) is 8.17. The number of carboxylic acid groups (broad SMARTS) is 1. The Labute approximate surface area is 150 Å². The van der Waals surface area contributed by atoms with Crippen molar-refractivity contribution in [1.82, 2.24) is 5.06 Å². The van der Waals surface area contributed by atoms with Gasteiger partial charge in [0.2, 0.25) is 0 Å². The van der Waals surface area contributed by atoms with Crippen molar-refractivity contribution in [1.29, 1.82) is 0 Å². The molecule has 0 aliphatic carbocycles. The molecule has 0 fully saturated rings. The van der Waals surface area contributed by atoms with E-state index < -0.39 is 17.8 Å². The van der Waals surface area contributed by atoms with Crippen molar-refractivity contribution in [3.8, 4) is 0 Å². The van der Waals surface area contributed by atoms with E-state index in [9.17, 15) is 14.4 Å². The number of benzene rings is 1. The van der Waals surface area contributed by atoms with Crippen LogP contribution in [0.1, 0.15) is 27.1 Å². The van der Waals surface area contributed by atoms with Crippen LogP contribution in [-0.2, 0) is 23.8 Å². The Bertz CT molecular complexity index is 598. The Hall–Kier alpha value is -2.33. The van der Waals surface area contributed by atoms with Gasteiger partial charge in [0.15, 0.2) is 0 Å². The minimum absolute atomic E-state index is 0.0315. The smallest absolute Gasteiger partial charge is 0.305 e. The highest BCUT2D eigenvalue weighted by atomic mass is 16.7. The summed E-state index contributed by atoms with van der Waals surface area (Å²) in [5.41, 5.74) is 0.662. The largest absolute Gasteiger partial charge is 0.481 e. The van der Waals surface area contributed by atoms with E-state index in [1.807, 2.05) is 0 Å². The fraction of sp³-hybridized carbons (Fsp3) is 0.471. The molecule has 0 bridgehead atoms. The van der Waals surface area contributed by atoms with Gasteiger partial charge >= 0.3 is 5.97 Å². The van der Waals surface area contributed by atoms with Crippen molar-refractivity contribution < 1.29 is 38.5 Å². The Balaban J connectivity index is 1.47. The summed E-state index contributed by atoms with van der Waals surface area (Å²) in [4.78, 5) is 39.5. The molecule has 142 valence electrons.